The highest BCUT2D eigenvalue weighted by Gasteiger charge is 2.14. The van der Waals surface area contributed by atoms with Crippen LogP contribution in [0.2, 0.25) is 0 Å². The molecular formula is C8H14O3. The molecule has 0 amide bonds. The van der Waals surface area contributed by atoms with E-state index in [1.807, 2.05) is 6.92 Å². The molecule has 1 atom stereocenters. The number of hydrogen-bond acceptors (Lipinski definition) is 2. The molecule has 0 saturated carbocycles. The second-order valence-corrected chi connectivity index (χ2v) is 2.58. The van der Waals surface area contributed by atoms with Gasteiger partial charge in [-0.25, -0.2) is 0 Å². The van der Waals surface area contributed by atoms with Crippen molar-refractivity contribution in [1.29, 1.82) is 0 Å². The van der Waals surface area contributed by atoms with Crippen molar-refractivity contribution in [3.8, 4) is 0 Å². The molecule has 0 fully saturated rings. The number of aldehydes is 1. The van der Waals surface area contributed by atoms with E-state index in [9.17, 15) is 9.59 Å². The number of carbonyl (C=O) groups excluding carboxylic acids is 1. The number of aliphatic carboxylic acids is 1. The quantitative estimate of drug-likeness (QED) is 0.362. The molecule has 0 aromatic rings. The predicted octanol–water partition coefficient (Wildman–Crippen LogP) is 1.47. The number of carboxylic acid groups (broad SMARTS) is 1. The first kappa shape index (κ1) is 10.1. The van der Waals surface area contributed by atoms with Crippen molar-refractivity contribution in [1.82, 2.24) is 0 Å². The third kappa shape index (κ3) is 4.53. The van der Waals surface area contributed by atoms with Gasteiger partial charge in [-0.15, -0.1) is 0 Å². The molecular weight excluding hydrogens is 144 g/mol. The smallest absolute Gasteiger partial charge is 0.313 e. The van der Waals surface area contributed by atoms with Gasteiger partial charge < -0.3 is 9.90 Å². The van der Waals surface area contributed by atoms with Crippen LogP contribution in [0.5, 0.6) is 0 Å². The van der Waals surface area contributed by atoms with Gasteiger partial charge in [-0.3, -0.25) is 4.79 Å². The normalized spacial score (nSPS) is 12.5. The van der Waals surface area contributed by atoms with E-state index in [4.69, 9.17) is 5.11 Å². The standard InChI is InChI=1S/C8H14O3/c1-2-3-4-5-7(6-9)8(10)11/h6-7H,2-5H2,1H3,(H,10,11). The summed E-state index contributed by atoms with van der Waals surface area (Å²) >= 11 is 0. The van der Waals surface area contributed by atoms with Crippen molar-refractivity contribution in [2.75, 3.05) is 0 Å². The van der Waals surface area contributed by atoms with Crippen LogP contribution in [0.15, 0.2) is 0 Å². The molecule has 1 N–H and O–H groups in total. The predicted molar refractivity (Wildman–Crippen MR) is 41.3 cm³/mol. The summed E-state index contributed by atoms with van der Waals surface area (Å²) in [7, 11) is 0. The molecule has 1 unspecified atom stereocenters. The molecule has 11 heavy (non-hydrogen) atoms. The van der Waals surface area contributed by atoms with Gasteiger partial charge in [0, 0.05) is 0 Å². The maximum atomic E-state index is 10.3. The Balaban J connectivity index is 3.52. The third-order valence-electron chi connectivity index (χ3n) is 1.60. The SMILES string of the molecule is CCCCCC(C=O)C(=O)O. The summed E-state index contributed by atoms with van der Waals surface area (Å²) < 4.78 is 0. The minimum Gasteiger partial charge on any atom is -0.481 e. The highest BCUT2D eigenvalue weighted by molar-refractivity contribution is 5.86. The summed E-state index contributed by atoms with van der Waals surface area (Å²) in [5.41, 5.74) is 0. The van der Waals surface area contributed by atoms with Gasteiger partial charge in [0.05, 0.1) is 0 Å². The van der Waals surface area contributed by atoms with Crippen molar-refractivity contribution in [3.05, 3.63) is 0 Å². The molecule has 3 heteroatoms. The fourth-order valence-electron chi connectivity index (χ4n) is 0.864. The number of carboxylic acids is 1. The lowest BCUT2D eigenvalue weighted by molar-refractivity contribution is -0.143. The molecule has 0 rings (SSSR count). The number of carbonyl (C=O) groups is 2. The summed E-state index contributed by atoms with van der Waals surface area (Å²) in [6.45, 7) is 2.04. The van der Waals surface area contributed by atoms with Crippen LogP contribution in [-0.2, 0) is 9.59 Å². The van der Waals surface area contributed by atoms with Crippen molar-refractivity contribution < 1.29 is 14.7 Å². The van der Waals surface area contributed by atoms with Crippen LogP contribution >= 0.6 is 0 Å². The number of unbranched alkanes of at least 4 members (excludes halogenated alkanes) is 2. The van der Waals surface area contributed by atoms with Gasteiger partial charge >= 0.3 is 5.97 Å². The Hall–Kier alpha value is -0.860. The summed E-state index contributed by atoms with van der Waals surface area (Å²) in [4.78, 5) is 20.5. The first-order chi connectivity index (χ1) is 5.22. The second kappa shape index (κ2) is 5.89. The Bertz CT molecular complexity index is 131. The Morgan fingerprint density at radius 3 is 2.55 bits per heavy atom. The Kier molecular flexibility index (Phi) is 5.43. The zero-order valence-electron chi connectivity index (χ0n) is 6.75. The van der Waals surface area contributed by atoms with Gasteiger partial charge in [-0.1, -0.05) is 26.2 Å². The molecule has 0 aliphatic rings. The summed E-state index contributed by atoms with van der Waals surface area (Å²) in [5.74, 6) is -1.79. The van der Waals surface area contributed by atoms with Crippen LogP contribution in [0.4, 0.5) is 0 Å². The fraction of sp³-hybridized carbons (Fsp3) is 0.750. The van der Waals surface area contributed by atoms with Crippen molar-refractivity contribution in [2.24, 2.45) is 5.92 Å². The molecule has 3 nitrogen and oxygen atoms in total. The molecule has 0 spiro atoms. The molecule has 0 aliphatic heterocycles. The van der Waals surface area contributed by atoms with Crippen LogP contribution in [0.3, 0.4) is 0 Å². The maximum Gasteiger partial charge on any atom is 0.313 e. The first-order valence-electron chi connectivity index (χ1n) is 3.90. The second-order valence-electron chi connectivity index (χ2n) is 2.58. The van der Waals surface area contributed by atoms with E-state index in [1.54, 1.807) is 0 Å². The molecule has 0 aromatic heterocycles. The zero-order valence-corrected chi connectivity index (χ0v) is 6.75. The van der Waals surface area contributed by atoms with Gasteiger partial charge in [0.25, 0.3) is 0 Å². The highest BCUT2D eigenvalue weighted by atomic mass is 16.4. The first-order valence-corrected chi connectivity index (χ1v) is 3.90. The van der Waals surface area contributed by atoms with E-state index >= 15 is 0 Å². The van der Waals surface area contributed by atoms with Gasteiger partial charge in [-0.2, -0.15) is 0 Å². The van der Waals surface area contributed by atoms with E-state index in [0.717, 1.165) is 19.3 Å². The molecule has 0 saturated heterocycles. The monoisotopic (exact) mass is 158 g/mol. The lowest BCUT2D eigenvalue weighted by atomic mass is 10.0. The lowest BCUT2D eigenvalue weighted by Gasteiger charge is -2.02. The molecule has 0 aromatic carbocycles. The third-order valence-corrected chi connectivity index (χ3v) is 1.60. The van der Waals surface area contributed by atoms with Gasteiger partial charge in [-0.05, 0) is 6.42 Å². The van der Waals surface area contributed by atoms with Crippen molar-refractivity contribution in [3.63, 3.8) is 0 Å². The average Bonchev–Trinajstić information content (AvgIpc) is 1.97. The van der Waals surface area contributed by atoms with Crippen LogP contribution in [-0.4, -0.2) is 17.4 Å². The molecule has 0 heterocycles. The van der Waals surface area contributed by atoms with Gasteiger partial charge in [0.1, 0.15) is 12.2 Å². The zero-order chi connectivity index (χ0) is 8.69. The van der Waals surface area contributed by atoms with E-state index in [1.165, 1.54) is 0 Å². The van der Waals surface area contributed by atoms with Gasteiger partial charge in [0.15, 0.2) is 0 Å². The fourth-order valence-corrected chi connectivity index (χ4v) is 0.864. The van der Waals surface area contributed by atoms with E-state index < -0.39 is 11.9 Å². The van der Waals surface area contributed by atoms with E-state index in [2.05, 4.69) is 0 Å². The largest absolute Gasteiger partial charge is 0.481 e. The van der Waals surface area contributed by atoms with Crippen molar-refractivity contribution >= 4 is 12.3 Å². The van der Waals surface area contributed by atoms with Crippen molar-refractivity contribution in [2.45, 2.75) is 32.6 Å². The van der Waals surface area contributed by atoms with Crippen LogP contribution in [0, 0.1) is 5.92 Å². The molecule has 0 radical (unpaired) electrons. The summed E-state index contributed by atoms with van der Waals surface area (Å²) in [6.07, 6.45) is 3.86. The Labute approximate surface area is 66.4 Å². The van der Waals surface area contributed by atoms with E-state index in [-0.39, 0.29) is 0 Å². The summed E-state index contributed by atoms with van der Waals surface area (Å²) in [5, 5.41) is 8.44. The minimum absolute atomic E-state index is 0.479. The number of hydrogen-bond donors (Lipinski definition) is 1. The summed E-state index contributed by atoms with van der Waals surface area (Å²) in [6, 6.07) is 0. The van der Waals surface area contributed by atoms with Gasteiger partial charge in [0.2, 0.25) is 0 Å². The topological polar surface area (TPSA) is 54.4 Å². The minimum atomic E-state index is -1.00. The highest BCUT2D eigenvalue weighted by Crippen LogP contribution is 2.07. The Morgan fingerprint density at radius 2 is 2.18 bits per heavy atom. The van der Waals surface area contributed by atoms with Crippen LogP contribution < -0.4 is 0 Å². The van der Waals surface area contributed by atoms with Crippen LogP contribution in [0.25, 0.3) is 0 Å². The maximum absolute atomic E-state index is 10.3. The van der Waals surface area contributed by atoms with Crippen LogP contribution in [0.1, 0.15) is 32.6 Å². The molecule has 64 valence electrons. The number of rotatable bonds is 6. The molecule has 0 bridgehead atoms. The lowest BCUT2D eigenvalue weighted by Crippen LogP contribution is -2.14. The van der Waals surface area contributed by atoms with E-state index in [0.29, 0.717) is 12.7 Å². The Morgan fingerprint density at radius 1 is 1.55 bits per heavy atom. The molecule has 0 aliphatic carbocycles. The average molecular weight is 158 g/mol.